The van der Waals surface area contributed by atoms with Gasteiger partial charge in [-0.2, -0.15) is 0 Å². The van der Waals surface area contributed by atoms with Crippen LogP contribution in [0.25, 0.3) is 0 Å². The fourth-order valence-corrected chi connectivity index (χ4v) is 1.35. The first-order chi connectivity index (χ1) is 6.81. The van der Waals surface area contributed by atoms with E-state index in [0.29, 0.717) is 0 Å². The molecule has 0 aromatic heterocycles. The van der Waals surface area contributed by atoms with E-state index in [1.807, 2.05) is 0 Å². The zero-order valence-corrected chi connectivity index (χ0v) is 12.8. The number of aliphatic hydroxyl groups is 1. The molecular formula is C8H11Br3O4. The van der Waals surface area contributed by atoms with Crippen molar-refractivity contribution < 1.29 is 19.4 Å². The summed E-state index contributed by atoms with van der Waals surface area (Å²) in [4.78, 5) is 11.2. The van der Waals surface area contributed by atoms with Gasteiger partial charge in [0, 0.05) is 5.57 Å². The second-order valence-electron chi connectivity index (χ2n) is 2.64. The second kappa shape index (κ2) is 7.01. The van der Waals surface area contributed by atoms with Crippen LogP contribution in [0.3, 0.4) is 0 Å². The monoisotopic (exact) mass is 408 g/mol. The number of rotatable bonds is 6. The Morgan fingerprint density at radius 1 is 1.60 bits per heavy atom. The van der Waals surface area contributed by atoms with Crippen molar-refractivity contribution in [3.05, 3.63) is 12.2 Å². The third-order valence-electron chi connectivity index (χ3n) is 1.20. The van der Waals surface area contributed by atoms with Gasteiger partial charge in [-0.15, -0.1) is 0 Å². The molecule has 1 N–H and O–H groups in total. The first kappa shape index (κ1) is 15.6. The molecule has 0 aliphatic carbocycles. The highest BCUT2D eigenvalue weighted by Crippen LogP contribution is 2.37. The zero-order valence-electron chi connectivity index (χ0n) is 8.00. The molecule has 88 valence electrons. The molecule has 0 amide bonds. The van der Waals surface area contributed by atoms with E-state index in [0.717, 1.165) is 0 Å². The summed E-state index contributed by atoms with van der Waals surface area (Å²) in [5, 5.41) is 7.91. The molecule has 7 heteroatoms. The Labute approximate surface area is 113 Å². The van der Waals surface area contributed by atoms with Crippen molar-refractivity contribution in [2.24, 2.45) is 0 Å². The van der Waals surface area contributed by atoms with Gasteiger partial charge >= 0.3 is 5.97 Å². The summed E-state index contributed by atoms with van der Waals surface area (Å²) >= 11 is 9.40. The van der Waals surface area contributed by atoms with Gasteiger partial charge in [-0.05, 0) is 38.8 Å². The Morgan fingerprint density at radius 3 is 2.53 bits per heavy atom. The lowest BCUT2D eigenvalue weighted by Gasteiger charge is -2.26. The molecule has 0 rings (SSSR count). The molecule has 0 radical (unpaired) electrons. The summed E-state index contributed by atoms with van der Waals surface area (Å²) in [6.07, 6.45) is 0. The summed E-state index contributed by atoms with van der Waals surface area (Å²) < 4.78 is 8.91. The van der Waals surface area contributed by atoms with Gasteiger partial charge in [0.25, 0.3) is 3.42 Å². The molecule has 0 aliphatic rings. The molecule has 0 heterocycles. The van der Waals surface area contributed by atoms with Crippen molar-refractivity contribution in [3.63, 3.8) is 0 Å². The molecule has 0 aromatic carbocycles. The number of alkyl halides is 3. The maximum Gasteiger partial charge on any atom is 0.335 e. The molecule has 0 saturated carbocycles. The third-order valence-corrected chi connectivity index (χ3v) is 4.49. The minimum Gasteiger partial charge on any atom is -0.430 e. The van der Waals surface area contributed by atoms with E-state index in [-0.39, 0.29) is 18.8 Å². The first-order valence-electron chi connectivity index (χ1n) is 3.94. The molecule has 0 saturated heterocycles. The number of carbonyl (C=O) groups excluding carboxylic acids is 1. The van der Waals surface area contributed by atoms with Crippen LogP contribution in [0, 0.1) is 0 Å². The average molecular weight is 411 g/mol. The fourth-order valence-electron chi connectivity index (χ4n) is 0.510. The summed E-state index contributed by atoms with van der Waals surface area (Å²) in [7, 11) is 0. The van der Waals surface area contributed by atoms with Gasteiger partial charge < -0.3 is 14.6 Å². The summed E-state index contributed by atoms with van der Waals surface area (Å²) in [5.74, 6) is -0.555. The predicted molar refractivity (Wildman–Crippen MR) is 67.2 cm³/mol. The van der Waals surface area contributed by atoms with Crippen LogP contribution in [-0.2, 0) is 14.3 Å². The quantitative estimate of drug-likeness (QED) is 0.414. The van der Waals surface area contributed by atoms with Crippen molar-refractivity contribution >= 4 is 53.8 Å². The Hall–Kier alpha value is 0.570. The van der Waals surface area contributed by atoms with Gasteiger partial charge in [0.15, 0.2) is 5.01 Å². The Balaban J connectivity index is 4.26. The van der Waals surface area contributed by atoms with Crippen molar-refractivity contribution in [1.82, 2.24) is 0 Å². The first-order valence-corrected chi connectivity index (χ1v) is 6.44. The van der Waals surface area contributed by atoms with Gasteiger partial charge in [0.05, 0.1) is 13.2 Å². The van der Waals surface area contributed by atoms with Gasteiger partial charge in [0.1, 0.15) is 0 Å². The molecule has 0 bridgehead atoms. The Kier molecular flexibility index (Phi) is 7.27. The van der Waals surface area contributed by atoms with Crippen LogP contribution in [-0.4, -0.2) is 32.7 Å². The fraction of sp³-hybridized carbons (Fsp3) is 0.625. The smallest absolute Gasteiger partial charge is 0.335 e. The molecule has 0 aliphatic heterocycles. The molecular weight excluding hydrogens is 400 g/mol. The number of halogens is 3. The zero-order chi connectivity index (χ0) is 12.1. The SMILES string of the molecule is C=C(C)C(=O)OC(Br)(Br)C(Br)OCCO. The van der Waals surface area contributed by atoms with Crippen LogP contribution in [0.5, 0.6) is 0 Å². The lowest BCUT2D eigenvalue weighted by molar-refractivity contribution is -0.144. The molecule has 0 aromatic rings. The molecule has 15 heavy (non-hydrogen) atoms. The predicted octanol–water partition coefficient (Wildman–Crippen LogP) is 2.28. The minimum absolute atomic E-state index is 0.118. The van der Waals surface area contributed by atoms with Crippen molar-refractivity contribution in [1.29, 1.82) is 0 Å². The number of ether oxygens (including phenoxy) is 2. The van der Waals surface area contributed by atoms with E-state index in [2.05, 4.69) is 54.4 Å². The van der Waals surface area contributed by atoms with Crippen molar-refractivity contribution in [2.75, 3.05) is 13.2 Å². The number of aliphatic hydroxyl groups excluding tert-OH is 1. The molecule has 1 unspecified atom stereocenters. The van der Waals surface area contributed by atoms with Gasteiger partial charge in [-0.1, -0.05) is 22.5 Å². The lowest BCUT2D eigenvalue weighted by atomic mass is 10.4. The third kappa shape index (κ3) is 6.01. The Bertz CT molecular complexity index is 242. The highest BCUT2D eigenvalue weighted by Gasteiger charge is 2.37. The van der Waals surface area contributed by atoms with E-state index in [4.69, 9.17) is 14.6 Å². The number of esters is 1. The maximum absolute atomic E-state index is 11.2. The standard InChI is InChI=1S/C8H11Br3O4/c1-5(2)6(13)15-8(10,11)7(9)14-4-3-12/h7,12H,1,3-4H2,2H3. The van der Waals surface area contributed by atoms with Crippen LogP contribution in [0.1, 0.15) is 6.92 Å². The van der Waals surface area contributed by atoms with E-state index >= 15 is 0 Å². The van der Waals surface area contributed by atoms with E-state index < -0.39 is 14.4 Å². The number of carbonyl (C=O) groups is 1. The summed E-state index contributed by atoms with van der Waals surface area (Å²) in [6.45, 7) is 4.99. The van der Waals surface area contributed by atoms with E-state index in [9.17, 15) is 4.79 Å². The van der Waals surface area contributed by atoms with Crippen molar-refractivity contribution in [2.45, 2.75) is 15.4 Å². The molecule has 0 fully saturated rings. The van der Waals surface area contributed by atoms with E-state index in [1.165, 1.54) is 6.92 Å². The Morgan fingerprint density at radius 2 is 2.13 bits per heavy atom. The van der Waals surface area contributed by atoms with Crippen LogP contribution in [0.2, 0.25) is 0 Å². The summed E-state index contributed by atoms with van der Waals surface area (Å²) in [6, 6.07) is 0. The van der Waals surface area contributed by atoms with Crippen LogP contribution in [0.4, 0.5) is 0 Å². The number of hydrogen-bond donors (Lipinski definition) is 1. The molecule has 4 nitrogen and oxygen atoms in total. The lowest BCUT2D eigenvalue weighted by Crippen LogP contribution is -2.34. The summed E-state index contributed by atoms with van der Waals surface area (Å²) in [5.41, 5.74) is 0.278. The largest absolute Gasteiger partial charge is 0.430 e. The maximum atomic E-state index is 11.2. The van der Waals surface area contributed by atoms with E-state index in [1.54, 1.807) is 0 Å². The van der Waals surface area contributed by atoms with Gasteiger partial charge in [0.2, 0.25) is 0 Å². The normalized spacial score (nSPS) is 13.4. The van der Waals surface area contributed by atoms with Crippen LogP contribution < -0.4 is 0 Å². The highest BCUT2D eigenvalue weighted by atomic mass is 79.9. The second-order valence-corrected chi connectivity index (χ2v) is 6.89. The van der Waals surface area contributed by atoms with Crippen LogP contribution in [0.15, 0.2) is 12.2 Å². The van der Waals surface area contributed by atoms with Crippen molar-refractivity contribution in [3.8, 4) is 0 Å². The highest BCUT2D eigenvalue weighted by molar-refractivity contribution is 9.26. The number of hydrogen-bond acceptors (Lipinski definition) is 4. The van der Waals surface area contributed by atoms with Gasteiger partial charge in [-0.3, -0.25) is 0 Å². The molecule has 0 spiro atoms. The average Bonchev–Trinajstić information content (AvgIpc) is 2.13. The topological polar surface area (TPSA) is 55.8 Å². The molecule has 1 atom stereocenters. The van der Waals surface area contributed by atoms with Crippen LogP contribution >= 0.6 is 47.8 Å². The minimum atomic E-state index is -1.19. The van der Waals surface area contributed by atoms with Gasteiger partial charge in [-0.25, -0.2) is 4.79 Å².